The summed E-state index contributed by atoms with van der Waals surface area (Å²) in [6, 6.07) is 2.87. The van der Waals surface area contributed by atoms with Gasteiger partial charge in [0.2, 0.25) is 0 Å². The molecular weight excluding hydrogens is 184 g/mol. The first-order chi connectivity index (χ1) is 6.63. The summed E-state index contributed by atoms with van der Waals surface area (Å²) in [5.74, 6) is 0. The van der Waals surface area contributed by atoms with Crippen LogP contribution in [-0.2, 0) is 11.3 Å². The van der Waals surface area contributed by atoms with Gasteiger partial charge in [0.15, 0.2) is 0 Å². The lowest BCUT2D eigenvalue weighted by molar-refractivity contribution is -0.385. The molecule has 0 atom stereocenters. The molecule has 1 aromatic heterocycles. The van der Waals surface area contributed by atoms with Crippen molar-refractivity contribution in [1.82, 2.24) is 4.98 Å². The molecular formula is C9H12N2O3. The smallest absolute Gasteiger partial charge is 0.273 e. The predicted molar refractivity (Wildman–Crippen MR) is 51.0 cm³/mol. The van der Waals surface area contributed by atoms with E-state index in [1.165, 1.54) is 12.1 Å². The van der Waals surface area contributed by atoms with Crippen molar-refractivity contribution in [1.29, 1.82) is 0 Å². The molecule has 0 radical (unpaired) electrons. The second-order valence-corrected chi connectivity index (χ2v) is 2.85. The molecule has 1 heterocycles. The minimum absolute atomic E-state index is 0.0622. The van der Waals surface area contributed by atoms with Gasteiger partial charge in [0.25, 0.3) is 5.69 Å². The van der Waals surface area contributed by atoms with E-state index in [2.05, 4.69) is 4.98 Å². The van der Waals surface area contributed by atoms with Crippen LogP contribution in [0.3, 0.4) is 0 Å². The lowest BCUT2D eigenvalue weighted by Gasteiger charge is -2.02. The summed E-state index contributed by atoms with van der Waals surface area (Å²) in [5.41, 5.74) is 1.29. The normalized spacial score (nSPS) is 10.1. The minimum atomic E-state index is -0.426. The van der Waals surface area contributed by atoms with Crippen LogP contribution >= 0.6 is 0 Å². The summed E-state index contributed by atoms with van der Waals surface area (Å²) in [7, 11) is 0. The molecule has 0 amide bonds. The van der Waals surface area contributed by atoms with Gasteiger partial charge in [-0.05, 0) is 13.8 Å². The van der Waals surface area contributed by atoms with E-state index in [9.17, 15) is 10.1 Å². The number of hydrogen-bond acceptors (Lipinski definition) is 4. The van der Waals surface area contributed by atoms with Crippen LogP contribution in [0.15, 0.2) is 12.1 Å². The Kier molecular flexibility index (Phi) is 3.53. The van der Waals surface area contributed by atoms with Crippen LogP contribution < -0.4 is 0 Å². The zero-order valence-corrected chi connectivity index (χ0v) is 8.19. The van der Waals surface area contributed by atoms with Gasteiger partial charge in [-0.3, -0.25) is 15.1 Å². The lowest BCUT2D eigenvalue weighted by atomic mass is 10.3. The second-order valence-electron chi connectivity index (χ2n) is 2.85. The summed E-state index contributed by atoms with van der Waals surface area (Å²) in [6.07, 6.45) is 0. The molecule has 0 saturated carbocycles. The molecule has 14 heavy (non-hydrogen) atoms. The zero-order chi connectivity index (χ0) is 10.6. The predicted octanol–water partition coefficient (Wildman–Crippen LogP) is 1.83. The van der Waals surface area contributed by atoms with Gasteiger partial charge in [-0.25, -0.2) is 0 Å². The van der Waals surface area contributed by atoms with E-state index in [-0.39, 0.29) is 5.69 Å². The number of hydrogen-bond donors (Lipinski definition) is 0. The third-order valence-electron chi connectivity index (χ3n) is 1.66. The van der Waals surface area contributed by atoms with Crippen molar-refractivity contribution < 1.29 is 9.66 Å². The van der Waals surface area contributed by atoms with Crippen LogP contribution in [0.4, 0.5) is 5.69 Å². The molecule has 1 rings (SSSR count). The van der Waals surface area contributed by atoms with Crippen LogP contribution in [0.5, 0.6) is 0 Å². The maximum Gasteiger partial charge on any atom is 0.273 e. The highest BCUT2D eigenvalue weighted by Crippen LogP contribution is 2.14. The monoisotopic (exact) mass is 196 g/mol. The van der Waals surface area contributed by atoms with Gasteiger partial charge >= 0.3 is 0 Å². The fraction of sp³-hybridized carbons (Fsp3) is 0.444. The fourth-order valence-corrected chi connectivity index (χ4v) is 1.10. The molecule has 1 aromatic rings. The molecule has 0 bridgehead atoms. The summed E-state index contributed by atoms with van der Waals surface area (Å²) in [5, 5.41) is 10.5. The largest absolute Gasteiger partial charge is 0.375 e. The highest BCUT2D eigenvalue weighted by molar-refractivity contribution is 5.32. The highest BCUT2D eigenvalue weighted by Gasteiger charge is 2.08. The number of aromatic nitrogens is 1. The van der Waals surface area contributed by atoms with E-state index < -0.39 is 4.92 Å². The zero-order valence-electron chi connectivity index (χ0n) is 8.19. The Hall–Kier alpha value is -1.49. The first-order valence-corrected chi connectivity index (χ1v) is 4.33. The summed E-state index contributed by atoms with van der Waals surface area (Å²) in [6.45, 7) is 4.48. The second kappa shape index (κ2) is 4.66. The molecule has 5 nitrogen and oxygen atoms in total. The average molecular weight is 196 g/mol. The first-order valence-electron chi connectivity index (χ1n) is 4.33. The van der Waals surface area contributed by atoms with Crippen molar-refractivity contribution in [2.24, 2.45) is 0 Å². The Bertz CT molecular complexity index is 339. The Balaban J connectivity index is 2.89. The van der Waals surface area contributed by atoms with Crippen LogP contribution in [0.1, 0.15) is 18.3 Å². The SMILES string of the molecule is CCOCc1cc([N+](=O)[O-])cc(C)n1. The van der Waals surface area contributed by atoms with E-state index in [4.69, 9.17) is 4.74 Å². The van der Waals surface area contributed by atoms with Crippen LogP contribution in [0.25, 0.3) is 0 Å². The standard InChI is InChI=1S/C9H12N2O3/c1-3-14-6-8-5-9(11(12)13)4-7(2)10-8/h4-5H,3,6H2,1-2H3. The maximum atomic E-state index is 10.5. The molecule has 0 aliphatic rings. The molecule has 76 valence electrons. The van der Waals surface area contributed by atoms with Gasteiger partial charge in [0, 0.05) is 24.4 Å². The molecule has 0 unspecified atom stereocenters. The topological polar surface area (TPSA) is 65.3 Å². The molecule has 0 aliphatic heterocycles. The number of rotatable bonds is 4. The van der Waals surface area contributed by atoms with E-state index >= 15 is 0 Å². The van der Waals surface area contributed by atoms with Crippen LogP contribution in [0.2, 0.25) is 0 Å². The molecule has 0 spiro atoms. The molecule has 0 aromatic carbocycles. The first kappa shape index (κ1) is 10.6. The Morgan fingerprint density at radius 2 is 2.29 bits per heavy atom. The van der Waals surface area contributed by atoms with Gasteiger partial charge in [-0.15, -0.1) is 0 Å². The quantitative estimate of drug-likeness (QED) is 0.544. The van der Waals surface area contributed by atoms with E-state index in [1.807, 2.05) is 6.92 Å². The fourth-order valence-electron chi connectivity index (χ4n) is 1.10. The van der Waals surface area contributed by atoms with Gasteiger partial charge < -0.3 is 4.74 Å². The number of ether oxygens (including phenoxy) is 1. The number of pyridine rings is 1. The van der Waals surface area contributed by atoms with Crippen molar-refractivity contribution in [3.05, 3.63) is 33.6 Å². The third-order valence-corrected chi connectivity index (χ3v) is 1.66. The van der Waals surface area contributed by atoms with Crippen molar-refractivity contribution in [2.75, 3.05) is 6.61 Å². The number of nitrogens with zero attached hydrogens (tertiary/aromatic N) is 2. The Morgan fingerprint density at radius 1 is 1.57 bits per heavy atom. The summed E-state index contributed by atoms with van der Waals surface area (Å²) < 4.78 is 5.12. The van der Waals surface area contributed by atoms with Crippen molar-refractivity contribution in [3.8, 4) is 0 Å². The molecule has 0 saturated heterocycles. The highest BCUT2D eigenvalue weighted by atomic mass is 16.6. The average Bonchev–Trinajstić information content (AvgIpc) is 2.14. The maximum absolute atomic E-state index is 10.5. The molecule has 5 heteroatoms. The van der Waals surface area contributed by atoms with Crippen LogP contribution in [0, 0.1) is 17.0 Å². The Morgan fingerprint density at radius 3 is 2.86 bits per heavy atom. The van der Waals surface area contributed by atoms with Crippen molar-refractivity contribution >= 4 is 5.69 Å². The molecule has 0 N–H and O–H groups in total. The van der Waals surface area contributed by atoms with Gasteiger partial charge in [0.1, 0.15) is 0 Å². The van der Waals surface area contributed by atoms with E-state index in [0.717, 1.165) is 0 Å². The van der Waals surface area contributed by atoms with Crippen molar-refractivity contribution in [3.63, 3.8) is 0 Å². The lowest BCUT2D eigenvalue weighted by Crippen LogP contribution is -1.99. The molecule has 0 fully saturated rings. The van der Waals surface area contributed by atoms with Gasteiger partial charge in [-0.1, -0.05) is 0 Å². The van der Waals surface area contributed by atoms with Gasteiger partial charge in [-0.2, -0.15) is 0 Å². The minimum Gasteiger partial charge on any atom is -0.375 e. The van der Waals surface area contributed by atoms with E-state index in [1.54, 1.807) is 6.92 Å². The number of nitro groups is 1. The van der Waals surface area contributed by atoms with Crippen LogP contribution in [-0.4, -0.2) is 16.5 Å². The summed E-state index contributed by atoms with van der Waals surface area (Å²) >= 11 is 0. The van der Waals surface area contributed by atoms with Crippen molar-refractivity contribution in [2.45, 2.75) is 20.5 Å². The van der Waals surface area contributed by atoms with Gasteiger partial charge in [0.05, 0.1) is 17.2 Å². The summed E-state index contributed by atoms with van der Waals surface area (Å²) in [4.78, 5) is 14.2. The van der Waals surface area contributed by atoms with E-state index in [0.29, 0.717) is 24.6 Å². The number of aryl methyl sites for hydroxylation is 1. The Labute approximate surface area is 81.9 Å². The third kappa shape index (κ3) is 2.77. The molecule has 0 aliphatic carbocycles.